The van der Waals surface area contributed by atoms with Crippen LogP contribution >= 0.6 is 0 Å². The fraction of sp³-hybridized carbons (Fsp3) is 0.448. The van der Waals surface area contributed by atoms with E-state index in [1.807, 2.05) is 30.3 Å². The molecule has 2 unspecified atom stereocenters. The predicted octanol–water partition coefficient (Wildman–Crippen LogP) is 3.29. The number of rotatable bonds is 11. The van der Waals surface area contributed by atoms with Gasteiger partial charge in [0.15, 0.2) is 0 Å². The number of nitrogens with one attached hydrogen (secondary N) is 2. The van der Waals surface area contributed by atoms with Gasteiger partial charge >= 0.3 is 6.09 Å². The lowest BCUT2D eigenvalue weighted by molar-refractivity contribution is -0.147. The second kappa shape index (κ2) is 13.1. The van der Waals surface area contributed by atoms with Crippen LogP contribution in [0.4, 0.5) is 4.79 Å². The molecule has 0 bridgehead atoms. The maximum Gasteiger partial charge on any atom is 0.408 e. The quantitative estimate of drug-likeness (QED) is 0.345. The van der Waals surface area contributed by atoms with Crippen LogP contribution in [0.2, 0.25) is 0 Å². The van der Waals surface area contributed by atoms with Gasteiger partial charge in [0, 0.05) is 19.0 Å². The number of nitrogens with two attached hydrogens (primary N) is 1. The van der Waals surface area contributed by atoms with Gasteiger partial charge in [-0.05, 0) is 69.7 Å². The van der Waals surface area contributed by atoms with Crippen LogP contribution in [0, 0.1) is 0 Å². The summed E-state index contributed by atoms with van der Waals surface area (Å²) in [5.74, 6) is -1.64. The first-order valence-corrected chi connectivity index (χ1v) is 13.1. The Morgan fingerprint density at radius 1 is 1.08 bits per heavy atom. The zero-order chi connectivity index (χ0) is 28.6. The van der Waals surface area contributed by atoms with Crippen molar-refractivity contribution in [1.82, 2.24) is 15.5 Å². The number of amides is 4. The maximum atomic E-state index is 14.1. The highest BCUT2D eigenvalue weighted by Crippen LogP contribution is 2.35. The molecule has 0 spiro atoms. The van der Waals surface area contributed by atoms with Crippen molar-refractivity contribution < 1.29 is 29.0 Å². The molecule has 0 radical (unpaired) electrons. The molecule has 1 saturated carbocycles. The van der Waals surface area contributed by atoms with Gasteiger partial charge in [0.05, 0.1) is 0 Å². The van der Waals surface area contributed by atoms with Gasteiger partial charge < -0.3 is 31.1 Å². The first-order chi connectivity index (χ1) is 18.4. The third kappa shape index (κ3) is 8.73. The van der Waals surface area contributed by atoms with E-state index in [9.17, 15) is 24.3 Å². The zero-order valence-electron chi connectivity index (χ0n) is 22.7. The fourth-order valence-corrected chi connectivity index (χ4v) is 4.37. The summed E-state index contributed by atoms with van der Waals surface area (Å²) in [6.07, 6.45) is 1.18. The summed E-state index contributed by atoms with van der Waals surface area (Å²) in [5, 5.41) is 15.7. The van der Waals surface area contributed by atoms with E-state index in [2.05, 4.69) is 10.6 Å². The van der Waals surface area contributed by atoms with Gasteiger partial charge in [0.2, 0.25) is 17.7 Å². The number of benzene rings is 2. The molecular weight excluding hydrogens is 500 g/mol. The maximum absolute atomic E-state index is 14.1. The summed E-state index contributed by atoms with van der Waals surface area (Å²) < 4.78 is 5.35. The Labute approximate surface area is 228 Å². The van der Waals surface area contributed by atoms with Crippen molar-refractivity contribution in [2.45, 2.75) is 83.1 Å². The lowest BCUT2D eigenvalue weighted by Gasteiger charge is -2.43. The van der Waals surface area contributed by atoms with Crippen LogP contribution in [0.5, 0.6) is 5.75 Å². The summed E-state index contributed by atoms with van der Waals surface area (Å²) in [5.41, 5.74) is 5.85. The Hall–Kier alpha value is -4.08. The molecule has 0 aliphatic heterocycles. The van der Waals surface area contributed by atoms with E-state index >= 15 is 0 Å². The number of phenols is 1. The first-order valence-electron chi connectivity index (χ1n) is 13.1. The smallest absolute Gasteiger partial charge is 0.408 e. The van der Waals surface area contributed by atoms with Crippen molar-refractivity contribution in [3.8, 4) is 5.75 Å². The van der Waals surface area contributed by atoms with Crippen molar-refractivity contribution >= 4 is 23.8 Å². The van der Waals surface area contributed by atoms with Crippen molar-refractivity contribution in [3.05, 3.63) is 65.7 Å². The zero-order valence-corrected chi connectivity index (χ0v) is 22.7. The van der Waals surface area contributed by atoms with E-state index in [1.54, 1.807) is 32.9 Å². The van der Waals surface area contributed by atoms with Gasteiger partial charge in [0.1, 0.15) is 23.4 Å². The molecule has 1 fully saturated rings. The Balaban J connectivity index is 1.96. The highest BCUT2D eigenvalue weighted by Gasteiger charge is 2.42. The number of carbonyl (C=O) groups excluding carboxylic acids is 4. The lowest BCUT2D eigenvalue weighted by atomic mass is 9.87. The molecule has 2 aromatic carbocycles. The summed E-state index contributed by atoms with van der Waals surface area (Å²) in [6.45, 7) is 5.33. The molecule has 10 nitrogen and oxygen atoms in total. The van der Waals surface area contributed by atoms with E-state index < -0.39 is 41.5 Å². The SMILES string of the molecule is CC(C)(C)OC(=O)NC(CCC(N)=O)C(=O)N(C1CCC1)C(C(=O)NCc1ccccc1)c1cccc(O)c1. The average Bonchev–Trinajstić information content (AvgIpc) is 2.83. The monoisotopic (exact) mass is 538 g/mol. The number of aromatic hydroxyl groups is 1. The summed E-state index contributed by atoms with van der Waals surface area (Å²) in [6, 6.07) is 13.1. The van der Waals surface area contributed by atoms with Crippen LogP contribution < -0.4 is 16.4 Å². The molecule has 10 heteroatoms. The Morgan fingerprint density at radius 3 is 2.33 bits per heavy atom. The van der Waals surface area contributed by atoms with Crippen molar-refractivity contribution in [2.75, 3.05) is 0 Å². The van der Waals surface area contributed by atoms with E-state index in [-0.39, 0.29) is 31.2 Å². The molecular formula is C29H38N4O6. The normalized spacial score (nSPS) is 14.8. The number of ether oxygens (including phenoxy) is 1. The number of primary amides is 1. The fourth-order valence-electron chi connectivity index (χ4n) is 4.37. The number of phenolic OH excluding ortho intramolecular Hbond substituents is 1. The Kier molecular flexibility index (Phi) is 9.92. The van der Waals surface area contributed by atoms with Crippen LogP contribution in [0.25, 0.3) is 0 Å². The predicted molar refractivity (Wildman–Crippen MR) is 145 cm³/mol. The summed E-state index contributed by atoms with van der Waals surface area (Å²) >= 11 is 0. The lowest BCUT2D eigenvalue weighted by Crippen LogP contribution is -2.57. The van der Waals surface area contributed by atoms with Crippen LogP contribution in [0.3, 0.4) is 0 Å². The molecule has 5 N–H and O–H groups in total. The molecule has 210 valence electrons. The van der Waals surface area contributed by atoms with Crippen LogP contribution in [-0.4, -0.2) is 51.5 Å². The van der Waals surface area contributed by atoms with Crippen molar-refractivity contribution in [2.24, 2.45) is 5.73 Å². The van der Waals surface area contributed by atoms with Gasteiger partial charge in [0.25, 0.3) is 0 Å². The summed E-state index contributed by atoms with van der Waals surface area (Å²) in [4.78, 5) is 53.6. The second-order valence-corrected chi connectivity index (χ2v) is 10.7. The van der Waals surface area contributed by atoms with Gasteiger partial charge in [-0.15, -0.1) is 0 Å². The number of hydrogen-bond acceptors (Lipinski definition) is 6. The van der Waals surface area contributed by atoms with Gasteiger partial charge in [-0.25, -0.2) is 4.79 Å². The van der Waals surface area contributed by atoms with E-state index in [4.69, 9.17) is 10.5 Å². The van der Waals surface area contributed by atoms with E-state index in [0.717, 1.165) is 12.0 Å². The molecule has 1 aliphatic rings. The third-order valence-electron chi connectivity index (χ3n) is 6.41. The molecule has 1 aliphatic carbocycles. The number of hydrogen-bond donors (Lipinski definition) is 4. The molecule has 39 heavy (non-hydrogen) atoms. The van der Waals surface area contributed by atoms with Crippen LogP contribution in [0.15, 0.2) is 54.6 Å². The molecule has 0 saturated heterocycles. The van der Waals surface area contributed by atoms with E-state index in [1.165, 1.54) is 17.0 Å². The van der Waals surface area contributed by atoms with Gasteiger partial charge in [-0.3, -0.25) is 14.4 Å². The minimum Gasteiger partial charge on any atom is -0.508 e. The third-order valence-corrected chi connectivity index (χ3v) is 6.41. The molecule has 0 aromatic heterocycles. The van der Waals surface area contributed by atoms with Crippen LogP contribution in [-0.2, 0) is 25.7 Å². The van der Waals surface area contributed by atoms with Gasteiger partial charge in [-0.1, -0.05) is 42.5 Å². The second-order valence-electron chi connectivity index (χ2n) is 10.7. The number of carbonyl (C=O) groups is 4. The minimum absolute atomic E-state index is 0.0495. The highest BCUT2D eigenvalue weighted by atomic mass is 16.6. The van der Waals surface area contributed by atoms with Crippen LogP contribution in [0.1, 0.15) is 70.0 Å². The molecule has 4 amide bonds. The topological polar surface area (TPSA) is 151 Å². The minimum atomic E-state index is -1.16. The Morgan fingerprint density at radius 2 is 1.77 bits per heavy atom. The number of nitrogens with zero attached hydrogens (tertiary/aromatic N) is 1. The first kappa shape index (κ1) is 29.5. The standard InChI is InChI=1S/C29H38N4O6/c1-29(2,3)39-28(38)32-23(15-16-24(30)35)27(37)33(21-12-8-13-21)25(20-11-7-14-22(34)17-20)26(36)31-18-19-9-5-4-6-10-19/h4-7,9-11,14,17,21,23,25,34H,8,12-13,15-16,18H2,1-3H3,(H2,30,35)(H,31,36)(H,32,38). The highest BCUT2D eigenvalue weighted by molar-refractivity contribution is 5.92. The van der Waals surface area contributed by atoms with Crippen molar-refractivity contribution in [1.29, 1.82) is 0 Å². The van der Waals surface area contributed by atoms with E-state index in [0.29, 0.717) is 18.4 Å². The largest absolute Gasteiger partial charge is 0.508 e. The molecule has 0 heterocycles. The number of alkyl carbamates (subject to hydrolysis) is 1. The Bertz CT molecular complexity index is 1160. The van der Waals surface area contributed by atoms with Gasteiger partial charge in [-0.2, -0.15) is 0 Å². The molecule has 2 atom stereocenters. The molecule has 2 aromatic rings. The average molecular weight is 539 g/mol. The molecule has 3 rings (SSSR count). The van der Waals surface area contributed by atoms with Crippen molar-refractivity contribution in [3.63, 3.8) is 0 Å². The summed E-state index contributed by atoms with van der Waals surface area (Å²) in [7, 11) is 0.